The molecule has 1 heterocycles. The minimum absolute atomic E-state index is 0.0194. The molecule has 0 aromatic heterocycles. The van der Waals surface area contributed by atoms with Gasteiger partial charge in [0, 0.05) is 16.4 Å². The van der Waals surface area contributed by atoms with Crippen molar-refractivity contribution in [3.05, 3.63) is 17.7 Å². The largest absolute Gasteiger partial charge is 0.497 e. The van der Waals surface area contributed by atoms with Crippen LogP contribution in [0.2, 0.25) is 0 Å². The van der Waals surface area contributed by atoms with E-state index in [1.807, 2.05) is 12.1 Å². The lowest BCUT2D eigenvalue weighted by Gasteiger charge is -2.16. The summed E-state index contributed by atoms with van der Waals surface area (Å²) in [6, 6.07) is 3.90. The molecule has 1 aliphatic heterocycles. The van der Waals surface area contributed by atoms with Gasteiger partial charge >= 0.3 is 7.48 Å². The Kier molecular flexibility index (Phi) is 2.39. The molecule has 0 fully saturated rings. The van der Waals surface area contributed by atoms with Crippen molar-refractivity contribution in [2.24, 2.45) is 0 Å². The lowest BCUT2D eigenvalue weighted by atomic mass is 9.80. The minimum atomic E-state index is -0.0531. The first kappa shape index (κ1) is 10.4. The van der Waals surface area contributed by atoms with Gasteiger partial charge in [0.15, 0.2) is 0 Å². The fourth-order valence-corrected chi connectivity index (χ4v) is 1.98. The molecule has 2 rings (SSSR count). The Hall–Kier alpha value is -1.16. The SMILES string of the molecule is COc1ccc2c(c1BO)OCC2(C)C. The summed E-state index contributed by atoms with van der Waals surface area (Å²) >= 11 is 0. The van der Waals surface area contributed by atoms with Crippen LogP contribution in [-0.2, 0) is 5.41 Å². The molecule has 0 saturated heterocycles. The lowest BCUT2D eigenvalue weighted by molar-refractivity contribution is 0.291. The molecule has 4 heteroatoms. The molecule has 15 heavy (non-hydrogen) atoms. The molecule has 0 saturated carbocycles. The molecule has 80 valence electrons. The van der Waals surface area contributed by atoms with E-state index >= 15 is 0 Å². The van der Waals surface area contributed by atoms with Gasteiger partial charge in [0.25, 0.3) is 0 Å². The molecule has 0 spiro atoms. The second-order valence-electron chi connectivity index (χ2n) is 4.45. The van der Waals surface area contributed by atoms with E-state index < -0.39 is 0 Å². The average Bonchev–Trinajstić information content (AvgIpc) is 2.53. The van der Waals surface area contributed by atoms with Crippen LogP contribution >= 0.6 is 0 Å². The van der Waals surface area contributed by atoms with Gasteiger partial charge in [0.2, 0.25) is 0 Å². The summed E-state index contributed by atoms with van der Waals surface area (Å²) < 4.78 is 10.8. The Morgan fingerprint density at radius 2 is 2.20 bits per heavy atom. The highest BCUT2D eigenvalue weighted by atomic mass is 16.5. The van der Waals surface area contributed by atoms with Crippen LogP contribution in [0.5, 0.6) is 11.5 Å². The molecule has 1 aromatic rings. The summed E-state index contributed by atoms with van der Waals surface area (Å²) in [5, 5.41) is 9.32. The molecule has 0 amide bonds. The smallest absolute Gasteiger partial charge is 0.313 e. The summed E-state index contributed by atoms with van der Waals surface area (Å²) in [5.41, 5.74) is 1.92. The average molecular weight is 206 g/mol. The zero-order valence-corrected chi connectivity index (χ0v) is 9.33. The predicted molar refractivity (Wildman–Crippen MR) is 60.5 cm³/mol. The molecular formula is C11H15BO3. The molecule has 1 aliphatic rings. The lowest BCUT2D eigenvalue weighted by Crippen LogP contribution is -2.19. The first-order valence-electron chi connectivity index (χ1n) is 5.04. The van der Waals surface area contributed by atoms with Crippen LogP contribution in [0, 0.1) is 0 Å². The van der Waals surface area contributed by atoms with Gasteiger partial charge < -0.3 is 14.5 Å². The van der Waals surface area contributed by atoms with Gasteiger partial charge in [-0.15, -0.1) is 0 Å². The number of ether oxygens (including phenoxy) is 2. The van der Waals surface area contributed by atoms with E-state index in [2.05, 4.69) is 13.8 Å². The molecular weight excluding hydrogens is 191 g/mol. The molecule has 1 aromatic carbocycles. The summed E-state index contributed by atoms with van der Waals surface area (Å²) in [6.07, 6.45) is 0. The topological polar surface area (TPSA) is 38.7 Å². The van der Waals surface area contributed by atoms with E-state index in [1.165, 1.54) is 0 Å². The Morgan fingerprint density at radius 3 is 2.80 bits per heavy atom. The van der Waals surface area contributed by atoms with Crippen molar-refractivity contribution < 1.29 is 14.5 Å². The summed E-state index contributed by atoms with van der Waals surface area (Å²) in [6.45, 7) is 4.92. The zero-order chi connectivity index (χ0) is 11.1. The number of fused-ring (bicyclic) bond motifs is 1. The second-order valence-corrected chi connectivity index (χ2v) is 4.45. The molecule has 0 aliphatic carbocycles. The van der Waals surface area contributed by atoms with Crippen molar-refractivity contribution in [3.63, 3.8) is 0 Å². The molecule has 0 atom stereocenters. The Balaban J connectivity index is 2.59. The zero-order valence-electron chi connectivity index (χ0n) is 9.33. The summed E-state index contributed by atoms with van der Waals surface area (Å²) in [4.78, 5) is 0. The Labute approximate surface area is 90.3 Å². The molecule has 0 bridgehead atoms. The number of hydrogen-bond donors (Lipinski definition) is 1. The van der Waals surface area contributed by atoms with Crippen LogP contribution in [0.1, 0.15) is 19.4 Å². The second kappa shape index (κ2) is 3.45. The molecule has 3 nitrogen and oxygen atoms in total. The maximum absolute atomic E-state index is 9.32. The fourth-order valence-electron chi connectivity index (χ4n) is 1.98. The molecule has 0 radical (unpaired) electrons. The van der Waals surface area contributed by atoms with Crippen molar-refractivity contribution in [2.75, 3.05) is 13.7 Å². The number of benzene rings is 1. The van der Waals surface area contributed by atoms with Gasteiger partial charge in [-0.05, 0) is 6.07 Å². The van der Waals surface area contributed by atoms with Crippen molar-refractivity contribution >= 4 is 12.9 Å². The van der Waals surface area contributed by atoms with Crippen LogP contribution in [0.25, 0.3) is 0 Å². The minimum Gasteiger partial charge on any atom is -0.497 e. The summed E-state index contributed by atoms with van der Waals surface area (Å²) in [5.74, 6) is 1.48. The third-order valence-electron chi connectivity index (χ3n) is 2.90. The highest BCUT2D eigenvalue weighted by molar-refractivity contribution is 6.48. The van der Waals surface area contributed by atoms with E-state index in [4.69, 9.17) is 9.47 Å². The third kappa shape index (κ3) is 1.49. The highest BCUT2D eigenvalue weighted by Gasteiger charge is 2.34. The predicted octanol–water partition coefficient (Wildman–Crippen LogP) is 0.334. The van der Waals surface area contributed by atoms with Crippen LogP contribution in [-0.4, -0.2) is 26.2 Å². The maximum atomic E-state index is 9.32. The van der Waals surface area contributed by atoms with E-state index in [1.54, 1.807) is 7.11 Å². The van der Waals surface area contributed by atoms with Crippen LogP contribution in [0.3, 0.4) is 0 Å². The van der Waals surface area contributed by atoms with Crippen molar-refractivity contribution in [1.29, 1.82) is 0 Å². The van der Waals surface area contributed by atoms with Crippen LogP contribution in [0.15, 0.2) is 12.1 Å². The van der Waals surface area contributed by atoms with E-state index in [0.717, 1.165) is 16.8 Å². The Bertz CT molecular complexity index is 388. The first-order chi connectivity index (χ1) is 7.10. The Morgan fingerprint density at radius 1 is 1.47 bits per heavy atom. The third-order valence-corrected chi connectivity index (χ3v) is 2.90. The van der Waals surface area contributed by atoms with Gasteiger partial charge in [-0.1, -0.05) is 19.9 Å². The van der Waals surface area contributed by atoms with Gasteiger partial charge in [0.05, 0.1) is 13.7 Å². The van der Waals surface area contributed by atoms with E-state index in [9.17, 15) is 5.02 Å². The number of rotatable bonds is 2. The van der Waals surface area contributed by atoms with E-state index in [-0.39, 0.29) is 12.9 Å². The van der Waals surface area contributed by atoms with Gasteiger partial charge in [-0.2, -0.15) is 0 Å². The van der Waals surface area contributed by atoms with Gasteiger partial charge in [0.1, 0.15) is 11.5 Å². The quantitative estimate of drug-likeness (QED) is 0.709. The van der Waals surface area contributed by atoms with Crippen LogP contribution in [0.4, 0.5) is 0 Å². The normalized spacial score (nSPS) is 16.8. The number of hydrogen-bond acceptors (Lipinski definition) is 3. The van der Waals surface area contributed by atoms with Crippen molar-refractivity contribution in [1.82, 2.24) is 0 Å². The molecule has 1 N–H and O–H groups in total. The van der Waals surface area contributed by atoms with Crippen LogP contribution < -0.4 is 14.9 Å². The van der Waals surface area contributed by atoms with Gasteiger partial charge in [-0.25, -0.2) is 0 Å². The fraction of sp³-hybridized carbons (Fsp3) is 0.455. The summed E-state index contributed by atoms with van der Waals surface area (Å²) in [7, 11) is 1.55. The first-order valence-corrected chi connectivity index (χ1v) is 5.04. The monoisotopic (exact) mass is 206 g/mol. The van der Waals surface area contributed by atoms with Crippen molar-refractivity contribution in [2.45, 2.75) is 19.3 Å². The van der Waals surface area contributed by atoms with E-state index in [0.29, 0.717) is 12.4 Å². The number of methoxy groups -OCH3 is 1. The highest BCUT2D eigenvalue weighted by Crippen LogP contribution is 2.38. The van der Waals surface area contributed by atoms with Gasteiger partial charge in [-0.3, -0.25) is 0 Å². The maximum Gasteiger partial charge on any atom is 0.313 e. The molecule has 0 unspecified atom stereocenters. The standard InChI is InChI=1S/C11H15BO3/c1-11(2)6-15-10-7(11)4-5-8(14-3)9(10)12-13/h4-5,12-13H,6H2,1-3H3. The van der Waals surface area contributed by atoms with Crippen molar-refractivity contribution in [3.8, 4) is 11.5 Å².